The third kappa shape index (κ3) is 16.2. The van der Waals surface area contributed by atoms with Gasteiger partial charge in [0, 0.05) is 47.2 Å². The average Bonchev–Trinajstić information content (AvgIpc) is 3.92. The van der Waals surface area contributed by atoms with Gasteiger partial charge in [-0.05, 0) is 61.3 Å². The molecule has 4 rings (SSSR count). The highest BCUT2D eigenvalue weighted by molar-refractivity contribution is 5.98. The number of carbonyl (C=O) groups is 9. The fourth-order valence-corrected chi connectivity index (χ4v) is 7.50. The zero-order chi connectivity index (χ0) is 51.7. The van der Waals surface area contributed by atoms with E-state index in [1.807, 2.05) is 30.3 Å². The molecule has 0 aliphatic heterocycles. The van der Waals surface area contributed by atoms with E-state index < -0.39 is 114 Å². The first kappa shape index (κ1) is 54.8. The number of carboxylic acids is 1. The van der Waals surface area contributed by atoms with Gasteiger partial charge in [-0.15, -0.1) is 0 Å². The van der Waals surface area contributed by atoms with Crippen LogP contribution in [0.2, 0.25) is 0 Å². The van der Waals surface area contributed by atoms with Crippen LogP contribution in [-0.2, 0) is 56.0 Å². The molecule has 23 nitrogen and oxygen atoms in total. The Morgan fingerprint density at radius 2 is 1.20 bits per heavy atom. The number of aliphatic carboxylic acids is 1. The Morgan fingerprint density at radius 3 is 1.74 bits per heavy atom. The van der Waals surface area contributed by atoms with Crippen molar-refractivity contribution in [3.63, 3.8) is 0 Å². The van der Waals surface area contributed by atoms with Gasteiger partial charge in [0.1, 0.15) is 36.5 Å². The molecule has 2 heterocycles. The number of benzene rings is 2. The molecule has 0 aliphatic carbocycles. The number of hydrogen-bond donors (Lipinski definition) is 13. The Bertz CT molecular complexity index is 2530. The topological polar surface area (TPSA) is 380 Å². The van der Waals surface area contributed by atoms with E-state index in [9.17, 15) is 48.3 Å². The van der Waals surface area contributed by atoms with E-state index in [4.69, 9.17) is 17.2 Å². The van der Waals surface area contributed by atoms with E-state index >= 15 is 0 Å². The van der Waals surface area contributed by atoms with Gasteiger partial charge in [-0.25, -0.2) is 0 Å². The summed E-state index contributed by atoms with van der Waals surface area (Å²) < 4.78 is 0. The van der Waals surface area contributed by atoms with E-state index in [-0.39, 0.29) is 31.8 Å². The molecule has 2 aromatic heterocycles. The molecular weight excluding hydrogens is 907 g/mol. The van der Waals surface area contributed by atoms with Crippen molar-refractivity contribution < 1.29 is 48.3 Å². The molecule has 2 aromatic carbocycles. The lowest BCUT2D eigenvalue weighted by Crippen LogP contribution is -2.60. The van der Waals surface area contributed by atoms with Crippen molar-refractivity contribution in [3.05, 3.63) is 72.1 Å². The first-order valence-electron chi connectivity index (χ1n) is 22.9. The summed E-state index contributed by atoms with van der Waals surface area (Å²) in [6, 6.07) is 6.25. The Morgan fingerprint density at radius 1 is 0.657 bits per heavy atom. The van der Waals surface area contributed by atoms with Crippen LogP contribution in [-0.4, -0.2) is 130 Å². The number of aromatic nitrogens is 2. The van der Waals surface area contributed by atoms with Gasteiger partial charge < -0.3 is 74.3 Å². The van der Waals surface area contributed by atoms with Gasteiger partial charge in [0.05, 0.1) is 25.0 Å². The second-order valence-corrected chi connectivity index (χ2v) is 17.6. The summed E-state index contributed by atoms with van der Waals surface area (Å²) in [6.45, 7) is 7.57. The molecule has 0 radical (unpaired) electrons. The molecule has 0 aliphatic rings. The number of nitrogens with zero attached hydrogens (tertiary/aromatic N) is 1. The minimum atomic E-state index is -1.64. The quantitative estimate of drug-likeness (QED) is 0.0145. The number of rotatable bonds is 27. The minimum absolute atomic E-state index is 0.0948. The molecule has 378 valence electrons. The highest BCUT2D eigenvalue weighted by Gasteiger charge is 2.34. The summed E-state index contributed by atoms with van der Waals surface area (Å²) in [5.41, 5.74) is 20.0. The number of H-pyrrole nitrogens is 2. The molecule has 0 saturated heterocycles. The van der Waals surface area contributed by atoms with Crippen LogP contribution in [0.3, 0.4) is 0 Å². The maximum absolute atomic E-state index is 14.0. The normalized spacial score (nSPS) is 14.2. The number of aromatic amines is 2. The van der Waals surface area contributed by atoms with Gasteiger partial charge in [-0.1, -0.05) is 64.1 Å². The Hall–Kier alpha value is -7.82. The fourth-order valence-electron chi connectivity index (χ4n) is 7.50. The number of amides is 7. The molecule has 0 spiro atoms. The predicted octanol–water partition coefficient (Wildman–Crippen LogP) is -1.15. The molecule has 23 heteroatoms. The third-order valence-electron chi connectivity index (χ3n) is 11.3. The van der Waals surface area contributed by atoms with Gasteiger partial charge in [-0.3, -0.25) is 43.3 Å². The van der Waals surface area contributed by atoms with E-state index in [2.05, 4.69) is 52.2 Å². The fraction of sp³-hybridized carbons (Fsp3) is 0.447. The first-order valence-corrected chi connectivity index (χ1v) is 22.9. The predicted molar refractivity (Wildman–Crippen MR) is 260 cm³/mol. The van der Waals surface area contributed by atoms with Crippen LogP contribution in [0.4, 0.5) is 0 Å². The molecule has 16 N–H and O–H groups in total. The van der Waals surface area contributed by atoms with E-state index in [0.717, 1.165) is 27.4 Å². The summed E-state index contributed by atoms with van der Waals surface area (Å²) in [4.78, 5) is 128. The van der Waals surface area contributed by atoms with Crippen LogP contribution >= 0.6 is 0 Å². The monoisotopic (exact) mass is 971 g/mol. The zero-order valence-electron chi connectivity index (χ0n) is 39.8. The van der Waals surface area contributed by atoms with Crippen LogP contribution in [0.25, 0.3) is 21.8 Å². The lowest BCUT2D eigenvalue weighted by molar-refractivity contribution is -0.141. The maximum atomic E-state index is 14.0. The number of nitrogens with two attached hydrogens (primary N) is 3. The van der Waals surface area contributed by atoms with Crippen molar-refractivity contribution in [1.29, 1.82) is 0 Å². The van der Waals surface area contributed by atoms with Crippen molar-refractivity contribution in [2.75, 3.05) is 13.1 Å². The average molecular weight is 972 g/mol. The number of aldehydes is 1. The van der Waals surface area contributed by atoms with Crippen molar-refractivity contribution in [3.8, 4) is 0 Å². The summed E-state index contributed by atoms with van der Waals surface area (Å²) in [7, 11) is 0. The highest BCUT2D eigenvalue weighted by Crippen LogP contribution is 2.21. The van der Waals surface area contributed by atoms with Gasteiger partial charge >= 0.3 is 5.97 Å². The lowest BCUT2D eigenvalue weighted by Gasteiger charge is -2.28. The largest absolute Gasteiger partial charge is 0.481 e. The number of fused-ring (bicyclic) bond motifs is 2. The van der Waals surface area contributed by atoms with Crippen molar-refractivity contribution in [1.82, 2.24) is 47.2 Å². The molecule has 4 aromatic rings. The summed E-state index contributed by atoms with van der Waals surface area (Å²) in [5, 5.41) is 28.9. The lowest BCUT2D eigenvalue weighted by atomic mass is 10.00. The Balaban J connectivity index is 1.41. The second-order valence-electron chi connectivity index (χ2n) is 17.6. The number of para-hydroxylation sites is 2. The molecular formula is C47H65N13O10. The molecule has 70 heavy (non-hydrogen) atoms. The third-order valence-corrected chi connectivity index (χ3v) is 11.3. The molecule has 0 bridgehead atoms. The van der Waals surface area contributed by atoms with Gasteiger partial charge in [0.25, 0.3) is 0 Å². The number of carbonyl (C=O) groups excluding carboxylic acids is 8. The van der Waals surface area contributed by atoms with Crippen molar-refractivity contribution in [2.45, 2.75) is 109 Å². The molecule has 7 atom stereocenters. The standard InChI is InChI=1S/C47H65N13O10/c1-24(2)39(60-42(66)32(48)17-27-20-52-33-14-8-6-12-30(27)33)45(69)55-26(5)41(65)59-40(25(3)4)46(70)58-35(18-28-21-53-34-15-9-7-13-31(28)34)43(67)54-22-37(62)57-36(19-38(63)64)44(68)56-29(23-61)11-10-16-51-47(49)50/h6-9,12-15,20-21,23-26,29,32,35-36,39-40,52-53H,10-11,16-19,22,48H2,1-5H3,(H,54,67)(H,55,69)(H,56,68)(H,57,62)(H,58,70)(H,59,65)(H,60,66)(H,63,64)(H4,49,50,51)/t26-,29-,32-,35-,36-,39-,40-/m0/s1. The van der Waals surface area contributed by atoms with Crippen LogP contribution in [0.15, 0.2) is 65.9 Å². The molecule has 7 amide bonds. The van der Waals surface area contributed by atoms with Crippen LogP contribution < -0.4 is 54.4 Å². The molecule has 0 fully saturated rings. The number of nitrogens with one attached hydrogen (secondary N) is 9. The SMILES string of the molecule is CC(C)[C@H](NC(=O)[C@H](C)NC(=O)[C@@H](NC(=O)[C@@H](N)Cc1c[nH]c2ccccc12)C(C)C)C(=O)N[C@@H](Cc1c[nH]c2ccccc12)C(=O)NCC(=O)N[C@@H](CC(=O)O)C(=O)N[C@H](C=O)CCCN=C(N)N. The highest BCUT2D eigenvalue weighted by atomic mass is 16.4. The number of carboxylic acid groups (broad SMARTS) is 1. The van der Waals surface area contributed by atoms with E-state index in [1.165, 1.54) is 6.92 Å². The minimum Gasteiger partial charge on any atom is -0.481 e. The van der Waals surface area contributed by atoms with Crippen LogP contribution in [0.1, 0.15) is 65.0 Å². The van der Waals surface area contributed by atoms with E-state index in [1.54, 1.807) is 58.3 Å². The number of hydrogen-bond acceptors (Lipinski definition) is 11. The van der Waals surface area contributed by atoms with Gasteiger partial charge in [0.2, 0.25) is 41.4 Å². The van der Waals surface area contributed by atoms with Crippen molar-refractivity contribution in [2.24, 2.45) is 34.0 Å². The first-order chi connectivity index (χ1) is 33.2. The molecule has 0 saturated carbocycles. The maximum Gasteiger partial charge on any atom is 0.305 e. The Kier molecular flexibility index (Phi) is 20.4. The van der Waals surface area contributed by atoms with Gasteiger partial charge in [0.15, 0.2) is 5.96 Å². The van der Waals surface area contributed by atoms with Gasteiger partial charge in [-0.2, -0.15) is 0 Å². The summed E-state index contributed by atoms with van der Waals surface area (Å²) >= 11 is 0. The van der Waals surface area contributed by atoms with Crippen molar-refractivity contribution >= 4 is 81.4 Å². The second kappa shape index (κ2) is 26.1. The smallest absolute Gasteiger partial charge is 0.305 e. The molecule has 0 unspecified atom stereocenters. The Labute approximate surface area is 404 Å². The van der Waals surface area contributed by atoms with E-state index in [0.29, 0.717) is 18.3 Å². The number of guanidine groups is 1. The zero-order valence-corrected chi connectivity index (χ0v) is 39.8. The van der Waals surface area contributed by atoms with Crippen LogP contribution in [0.5, 0.6) is 0 Å². The summed E-state index contributed by atoms with van der Waals surface area (Å²) in [6.07, 6.45) is 3.54. The summed E-state index contributed by atoms with van der Waals surface area (Å²) in [5.74, 6) is -8.07. The number of aliphatic imine (C=N–C) groups is 1. The van der Waals surface area contributed by atoms with Crippen LogP contribution in [0, 0.1) is 11.8 Å².